The van der Waals surface area contributed by atoms with Gasteiger partial charge in [0, 0.05) is 32.9 Å². The van der Waals surface area contributed by atoms with Crippen molar-refractivity contribution in [2.45, 2.75) is 31.6 Å². The monoisotopic (exact) mass is 366 g/mol. The number of nitrogens with zero attached hydrogens (tertiary/aromatic N) is 1. The molecule has 0 aromatic heterocycles. The van der Waals surface area contributed by atoms with E-state index in [0.29, 0.717) is 31.0 Å². The standard InChI is InChI=1S/C16H22N4O4S/c1-11(10-16(22)18-8-7-17-12(2)21)9-15-19-13-5-3-4-6-14(13)25(23,24)20-15/h3-6,11H,7-10H2,1-2H3,(H,17,21)(H,18,22)(H,19,20)/t11-/m1/s1. The van der Waals surface area contributed by atoms with Gasteiger partial charge in [0.15, 0.2) is 0 Å². The number of rotatable bonds is 7. The second-order valence-electron chi connectivity index (χ2n) is 5.98. The molecule has 9 heteroatoms. The second kappa shape index (κ2) is 8.11. The first-order chi connectivity index (χ1) is 11.8. The molecule has 0 radical (unpaired) electrons. The van der Waals surface area contributed by atoms with Crippen LogP contribution >= 0.6 is 0 Å². The minimum atomic E-state index is -3.71. The molecule has 25 heavy (non-hydrogen) atoms. The first kappa shape index (κ1) is 18.9. The van der Waals surface area contributed by atoms with Gasteiger partial charge in [0.25, 0.3) is 10.0 Å². The van der Waals surface area contributed by atoms with E-state index in [4.69, 9.17) is 0 Å². The van der Waals surface area contributed by atoms with Crippen LogP contribution in [0.3, 0.4) is 0 Å². The van der Waals surface area contributed by atoms with E-state index in [1.807, 2.05) is 6.92 Å². The van der Waals surface area contributed by atoms with E-state index in [9.17, 15) is 18.0 Å². The van der Waals surface area contributed by atoms with Gasteiger partial charge in [-0.3, -0.25) is 9.59 Å². The summed E-state index contributed by atoms with van der Waals surface area (Å²) < 4.78 is 28.1. The second-order valence-corrected chi connectivity index (χ2v) is 7.55. The zero-order valence-electron chi connectivity index (χ0n) is 14.2. The van der Waals surface area contributed by atoms with Crippen molar-refractivity contribution in [3.63, 3.8) is 0 Å². The Balaban J connectivity index is 1.87. The van der Waals surface area contributed by atoms with E-state index in [1.54, 1.807) is 18.2 Å². The van der Waals surface area contributed by atoms with Crippen molar-refractivity contribution < 1.29 is 18.0 Å². The highest BCUT2D eigenvalue weighted by molar-refractivity contribution is 7.90. The molecule has 2 amide bonds. The molecule has 0 fully saturated rings. The molecule has 1 aliphatic heterocycles. The average Bonchev–Trinajstić information content (AvgIpc) is 2.50. The maximum atomic E-state index is 12.2. The summed E-state index contributed by atoms with van der Waals surface area (Å²) in [5.74, 6) is -0.0623. The quantitative estimate of drug-likeness (QED) is 0.619. The molecule has 0 bridgehead atoms. The summed E-state index contributed by atoms with van der Waals surface area (Å²) >= 11 is 0. The molecular weight excluding hydrogens is 344 g/mol. The molecule has 1 aromatic carbocycles. The number of carbonyl (C=O) groups excluding carboxylic acids is 2. The van der Waals surface area contributed by atoms with Crippen LogP contribution in [0.1, 0.15) is 26.7 Å². The van der Waals surface area contributed by atoms with Crippen molar-refractivity contribution in [2.24, 2.45) is 10.3 Å². The van der Waals surface area contributed by atoms with Crippen LogP contribution < -0.4 is 16.0 Å². The number of hydrogen-bond donors (Lipinski definition) is 3. The summed E-state index contributed by atoms with van der Waals surface area (Å²) in [4.78, 5) is 22.8. The fourth-order valence-electron chi connectivity index (χ4n) is 2.49. The van der Waals surface area contributed by atoms with Crippen LogP contribution in [0.25, 0.3) is 0 Å². The van der Waals surface area contributed by atoms with Gasteiger partial charge in [-0.15, -0.1) is 4.40 Å². The molecule has 1 aromatic rings. The first-order valence-corrected chi connectivity index (χ1v) is 9.43. The van der Waals surface area contributed by atoms with Gasteiger partial charge in [-0.25, -0.2) is 0 Å². The Hall–Kier alpha value is -2.42. The van der Waals surface area contributed by atoms with Crippen LogP contribution in [0.5, 0.6) is 0 Å². The Morgan fingerprint density at radius 1 is 1.20 bits per heavy atom. The number of sulfonamides is 1. The molecule has 8 nitrogen and oxygen atoms in total. The highest BCUT2D eigenvalue weighted by atomic mass is 32.2. The number of amidine groups is 1. The number of hydrogen-bond acceptors (Lipinski definition) is 5. The highest BCUT2D eigenvalue weighted by Crippen LogP contribution is 2.28. The Labute approximate surface area is 147 Å². The normalized spacial score (nSPS) is 16.0. The molecule has 136 valence electrons. The number of benzene rings is 1. The molecule has 3 N–H and O–H groups in total. The zero-order valence-corrected chi connectivity index (χ0v) is 15.0. The number of para-hydroxylation sites is 1. The Morgan fingerprint density at radius 3 is 2.60 bits per heavy atom. The zero-order chi connectivity index (χ0) is 18.4. The van der Waals surface area contributed by atoms with Gasteiger partial charge in [0.2, 0.25) is 11.8 Å². The summed E-state index contributed by atoms with van der Waals surface area (Å²) in [7, 11) is -3.71. The molecule has 0 unspecified atom stereocenters. The van der Waals surface area contributed by atoms with Crippen LogP contribution in [0, 0.1) is 5.92 Å². The molecule has 0 spiro atoms. The number of nitrogens with one attached hydrogen (secondary N) is 3. The van der Waals surface area contributed by atoms with Gasteiger partial charge in [-0.05, 0) is 18.1 Å². The van der Waals surface area contributed by atoms with Crippen molar-refractivity contribution in [1.29, 1.82) is 0 Å². The lowest BCUT2D eigenvalue weighted by atomic mass is 10.0. The number of anilines is 1. The summed E-state index contributed by atoms with van der Waals surface area (Å²) in [6.07, 6.45) is 0.579. The van der Waals surface area contributed by atoms with Crippen LogP contribution in [-0.4, -0.2) is 39.2 Å². The maximum Gasteiger partial charge on any atom is 0.286 e. The summed E-state index contributed by atoms with van der Waals surface area (Å²) in [5, 5.41) is 8.31. The van der Waals surface area contributed by atoms with Crippen LogP contribution in [0.2, 0.25) is 0 Å². The van der Waals surface area contributed by atoms with Gasteiger partial charge in [0.05, 0.1) is 5.69 Å². The third-order valence-corrected chi connectivity index (χ3v) is 4.94. The molecule has 1 heterocycles. The molecule has 1 aliphatic rings. The lowest BCUT2D eigenvalue weighted by Crippen LogP contribution is -2.34. The number of amides is 2. The smallest absolute Gasteiger partial charge is 0.286 e. The third kappa shape index (κ3) is 5.56. The minimum absolute atomic E-state index is 0.0903. The predicted octanol–water partition coefficient (Wildman–Crippen LogP) is 0.868. The van der Waals surface area contributed by atoms with Crippen LogP contribution in [0.15, 0.2) is 33.6 Å². The largest absolute Gasteiger partial charge is 0.355 e. The van der Waals surface area contributed by atoms with Gasteiger partial charge in [-0.1, -0.05) is 19.1 Å². The fraction of sp³-hybridized carbons (Fsp3) is 0.438. The summed E-state index contributed by atoms with van der Waals surface area (Å²) in [5.41, 5.74) is 0.499. The van der Waals surface area contributed by atoms with Gasteiger partial charge >= 0.3 is 0 Å². The van der Waals surface area contributed by atoms with Gasteiger partial charge in [0.1, 0.15) is 10.7 Å². The molecule has 1 atom stereocenters. The number of carbonyl (C=O) groups is 2. The average molecular weight is 366 g/mol. The highest BCUT2D eigenvalue weighted by Gasteiger charge is 2.25. The van der Waals surface area contributed by atoms with Crippen molar-refractivity contribution in [1.82, 2.24) is 10.6 Å². The SMILES string of the molecule is CC(=O)NCCNC(=O)C[C@H](C)CC1=NS(=O)(=O)c2ccccc2N1. The van der Waals surface area contributed by atoms with E-state index in [0.717, 1.165) is 0 Å². The van der Waals surface area contributed by atoms with Crippen molar-refractivity contribution in [3.05, 3.63) is 24.3 Å². The molecule has 0 saturated heterocycles. The fourth-order valence-corrected chi connectivity index (χ4v) is 3.64. The van der Waals surface area contributed by atoms with E-state index in [-0.39, 0.29) is 29.0 Å². The lowest BCUT2D eigenvalue weighted by Gasteiger charge is -2.20. The predicted molar refractivity (Wildman–Crippen MR) is 94.8 cm³/mol. The van der Waals surface area contributed by atoms with Crippen LogP contribution in [0.4, 0.5) is 5.69 Å². The van der Waals surface area contributed by atoms with Crippen molar-refractivity contribution >= 4 is 33.4 Å². The third-order valence-electron chi connectivity index (χ3n) is 3.57. The molecular formula is C16H22N4O4S. The summed E-state index contributed by atoms with van der Waals surface area (Å²) in [6.45, 7) is 3.99. The topological polar surface area (TPSA) is 117 Å². The molecule has 0 saturated carbocycles. The van der Waals surface area contributed by atoms with E-state index >= 15 is 0 Å². The Bertz CT molecular complexity index is 789. The van der Waals surface area contributed by atoms with Gasteiger partial charge in [-0.2, -0.15) is 8.42 Å². The van der Waals surface area contributed by atoms with E-state index in [2.05, 4.69) is 20.3 Å². The van der Waals surface area contributed by atoms with Gasteiger partial charge < -0.3 is 16.0 Å². The lowest BCUT2D eigenvalue weighted by molar-refractivity contribution is -0.122. The van der Waals surface area contributed by atoms with Crippen molar-refractivity contribution in [3.8, 4) is 0 Å². The maximum absolute atomic E-state index is 12.2. The number of fused-ring (bicyclic) bond motifs is 1. The van der Waals surface area contributed by atoms with E-state index < -0.39 is 10.0 Å². The Kier molecular flexibility index (Phi) is 6.13. The van der Waals surface area contributed by atoms with E-state index in [1.165, 1.54) is 13.0 Å². The Morgan fingerprint density at radius 2 is 1.88 bits per heavy atom. The minimum Gasteiger partial charge on any atom is -0.355 e. The first-order valence-electron chi connectivity index (χ1n) is 7.99. The summed E-state index contributed by atoms with van der Waals surface area (Å²) in [6, 6.07) is 6.58. The molecule has 2 rings (SSSR count). The molecule has 0 aliphatic carbocycles. The van der Waals surface area contributed by atoms with Crippen LogP contribution in [-0.2, 0) is 19.6 Å². The van der Waals surface area contributed by atoms with Crippen molar-refractivity contribution in [2.75, 3.05) is 18.4 Å².